The van der Waals surface area contributed by atoms with E-state index < -0.39 is 42.4 Å². The standard InChI is InChI=1S/C20H18O11/c21-8-4-11(23)9-6-14(30-20-17(27)15(25)16(26)19(28)31-20)18(29-13(9)5-8)7-1-2-10(22)12(24)3-7/h1-6,15-17,19-20,25-28H,(H3-,21,22,23,24)/p+1/t15-,16-,17+,19-,20+/m0/s1. The minimum atomic E-state index is -1.85. The summed E-state index contributed by atoms with van der Waals surface area (Å²) in [5.74, 6) is -1.73. The Morgan fingerprint density at radius 2 is 1.52 bits per heavy atom. The summed E-state index contributed by atoms with van der Waals surface area (Å²) < 4.78 is 16.3. The zero-order chi connectivity index (χ0) is 22.4. The molecule has 1 aliphatic heterocycles. The van der Waals surface area contributed by atoms with Crippen LogP contribution in [0.3, 0.4) is 0 Å². The maximum atomic E-state index is 10.2. The van der Waals surface area contributed by atoms with E-state index in [9.17, 15) is 40.9 Å². The van der Waals surface area contributed by atoms with Crippen LogP contribution in [0.1, 0.15) is 0 Å². The molecule has 1 saturated heterocycles. The number of hydrogen-bond acceptors (Lipinski definition) is 10. The maximum Gasteiger partial charge on any atom is 0.402 e. The number of aliphatic hydroxyl groups excluding tert-OH is 4. The second kappa shape index (κ2) is 7.72. The Morgan fingerprint density at radius 3 is 2.23 bits per heavy atom. The van der Waals surface area contributed by atoms with E-state index in [1.54, 1.807) is 0 Å². The number of phenolic OH excluding ortho intramolecular Hbond substituents is 4. The number of rotatable bonds is 3. The van der Waals surface area contributed by atoms with Gasteiger partial charge in [-0.2, -0.15) is 0 Å². The number of aliphatic hydroxyl groups is 4. The molecule has 5 atom stereocenters. The number of phenols is 4. The molecule has 1 fully saturated rings. The molecule has 0 radical (unpaired) electrons. The highest BCUT2D eigenvalue weighted by Crippen LogP contribution is 2.42. The third-order valence-electron chi connectivity index (χ3n) is 4.84. The summed E-state index contributed by atoms with van der Waals surface area (Å²) in [4.78, 5) is 0. The largest absolute Gasteiger partial charge is 0.507 e. The lowest BCUT2D eigenvalue weighted by Crippen LogP contribution is -2.59. The van der Waals surface area contributed by atoms with Crippen LogP contribution in [0.4, 0.5) is 0 Å². The van der Waals surface area contributed by atoms with Crippen LogP contribution in [-0.4, -0.2) is 71.7 Å². The van der Waals surface area contributed by atoms with Crippen molar-refractivity contribution in [3.8, 4) is 40.1 Å². The average Bonchev–Trinajstić information content (AvgIpc) is 2.72. The molecule has 164 valence electrons. The fourth-order valence-electron chi connectivity index (χ4n) is 3.19. The molecular formula is C20H19O11+. The van der Waals surface area contributed by atoms with Gasteiger partial charge in [0.2, 0.25) is 12.0 Å². The van der Waals surface area contributed by atoms with Crippen molar-refractivity contribution in [2.45, 2.75) is 30.9 Å². The van der Waals surface area contributed by atoms with Gasteiger partial charge in [-0.3, -0.25) is 0 Å². The molecule has 0 spiro atoms. The van der Waals surface area contributed by atoms with Gasteiger partial charge in [-0.05, 0) is 12.1 Å². The van der Waals surface area contributed by atoms with Gasteiger partial charge in [-0.15, -0.1) is 0 Å². The number of benzene rings is 2. The van der Waals surface area contributed by atoms with E-state index in [0.29, 0.717) is 0 Å². The second-order valence-corrected chi connectivity index (χ2v) is 7.00. The van der Waals surface area contributed by atoms with E-state index >= 15 is 0 Å². The lowest BCUT2D eigenvalue weighted by Gasteiger charge is -2.37. The third kappa shape index (κ3) is 3.76. The summed E-state index contributed by atoms with van der Waals surface area (Å²) in [5, 5.41) is 78.9. The van der Waals surface area contributed by atoms with Crippen LogP contribution < -0.4 is 4.74 Å². The third-order valence-corrected chi connectivity index (χ3v) is 4.84. The van der Waals surface area contributed by atoms with Crippen molar-refractivity contribution in [2.24, 2.45) is 0 Å². The minimum Gasteiger partial charge on any atom is -0.507 e. The van der Waals surface area contributed by atoms with E-state index in [-0.39, 0.29) is 39.5 Å². The number of hydrogen-bond donors (Lipinski definition) is 8. The van der Waals surface area contributed by atoms with Gasteiger partial charge in [-0.25, -0.2) is 4.42 Å². The molecule has 8 N–H and O–H groups in total. The van der Waals surface area contributed by atoms with Gasteiger partial charge in [0.1, 0.15) is 35.2 Å². The summed E-state index contributed by atoms with van der Waals surface area (Å²) in [6, 6.07) is 7.28. The first-order chi connectivity index (χ1) is 14.7. The SMILES string of the molecule is Oc1cc(O)c2cc(O[C@@H]3O[C@H](O)[C@@H](O)[C@H](O)[C@H]3O)c(-c3ccc(O)c(O)c3)[o+]c2c1. The van der Waals surface area contributed by atoms with E-state index in [1.165, 1.54) is 24.3 Å². The van der Waals surface area contributed by atoms with Crippen LogP contribution in [0.2, 0.25) is 0 Å². The summed E-state index contributed by atoms with van der Waals surface area (Å²) in [7, 11) is 0. The zero-order valence-electron chi connectivity index (χ0n) is 15.7. The van der Waals surface area contributed by atoms with E-state index in [2.05, 4.69) is 0 Å². The Bertz CT molecular complexity index is 1130. The van der Waals surface area contributed by atoms with Gasteiger partial charge in [0.25, 0.3) is 0 Å². The molecule has 1 aliphatic rings. The fraction of sp³-hybridized carbons (Fsp3) is 0.250. The van der Waals surface area contributed by atoms with Gasteiger partial charge >= 0.3 is 11.3 Å². The van der Waals surface area contributed by atoms with Crippen molar-refractivity contribution in [3.05, 3.63) is 36.4 Å². The van der Waals surface area contributed by atoms with E-state index in [1.807, 2.05) is 0 Å². The lowest BCUT2D eigenvalue weighted by molar-refractivity contribution is -0.321. The maximum absolute atomic E-state index is 10.2. The fourth-order valence-corrected chi connectivity index (χ4v) is 3.19. The topological polar surface area (TPSA) is 192 Å². The monoisotopic (exact) mass is 435 g/mol. The van der Waals surface area contributed by atoms with Crippen LogP contribution in [-0.2, 0) is 4.74 Å². The van der Waals surface area contributed by atoms with Crippen molar-refractivity contribution in [3.63, 3.8) is 0 Å². The molecule has 0 saturated carbocycles. The van der Waals surface area contributed by atoms with Crippen molar-refractivity contribution in [2.75, 3.05) is 0 Å². The van der Waals surface area contributed by atoms with Gasteiger partial charge in [0, 0.05) is 18.2 Å². The molecule has 11 heteroatoms. The second-order valence-electron chi connectivity index (χ2n) is 7.00. The first kappa shape index (κ1) is 20.9. The van der Waals surface area contributed by atoms with Crippen LogP contribution in [0.15, 0.2) is 40.8 Å². The first-order valence-electron chi connectivity index (χ1n) is 9.05. The lowest BCUT2D eigenvalue weighted by atomic mass is 10.0. The molecular weight excluding hydrogens is 416 g/mol. The van der Waals surface area contributed by atoms with Crippen molar-refractivity contribution in [1.29, 1.82) is 0 Å². The minimum absolute atomic E-state index is 0.0352. The van der Waals surface area contributed by atoms with Gasteiger partial charge in [0.15, 0.2) is 17.8 Å². The molecule has 1 aromatic heterocycles. The van der Waals surface area contributed by atoms with Crippen LogP contribution >= 0.6 is 0 Å². The van der Waals surface area contributed by atoms with Crippen LogP contribution in [0, 0.1) is 0 Å². The highest BCUT2D eigenvalue weighted by atomic mass is 16.7. The smallest absolute Gasteiger partial charge is 0.402 e. The quantitative estimate of drug-likeness (QED) is 0.209. The molecule has 0 amide bonds. The van der Waals surface area contributed by atoms with Gasteiger partial charge in [-0.1, -0.05) is 0 Å². The highest BCUT2D eigenvalue weighted by Gasteiger charge is 2.45. The Kier molecular flexibility index (Phi) is 5.21. The Hall–Kier alpha value is -3.35. The molecule has 4 rings (SSSR count). The van der Waals surface area contributed by atoms with Gasteiger partial charge < -0.3 is 50.3 Å². The molecule has 11 nitrogen and oxygen atoms in total. The summed E-state index contributed by atoms with van der Waals surface area (Å²) in [6.07, 6.45) is -8.81. The Balaban J connectivity index is 1.85. The predicted molar refractivity (Wildman–Crippen MR) is 102 cm³/mol. The Morgan fingerprint density at radius 1 is 0.774 bits per heavy atom. The molecule has 0 bridgehead atoms. The average molecular weight is 435 g/mol. The van der Waals surface area contributed by atoms with Crippen molar-refractivity contribution < 1.29 is 54.7 Å². The summed E-state index contributed by atoms with van der Waals surface area (Å²) in [6.45, 7) is 0. The summed E-state index contributed by atoms with van der Waals surface area (Å²) in [5.41, 5.74) is 0.231. The molecule has 2 aromatic carbocycles. The van der Waals surface area contributed by atoms with Gasteiger partial charge in [0.05, 0.1) is 11.6 Å². The number of ether oxygens (including phenoxy) is 2. The Labute approximate surface area is 173 Å². The molecule has 0 aliphatic carbocycles. The van der Waals surface area contributed by atoms with E-state index in [4.69, 9.17) is 13.9 Å². The van der Waals surface area contributed by atoms with Crippen LogP contribution in [0.25, 0.3) is 22.3 Å². The molecule has 2 heterocycles. The van der Waals surface area contributed by atoms with Crippen molar-refractivity contribution >= 4 is 11.0 Å². The number of fused-ring (bicyclic) bond motifs is 1. The number of aromatic hydroxyl groups is 4. The first-order valence-corrected chi connectivity index (χ1v) is 9.05. The van der Waals surface area contributed by atoms with Crippen molar-refractivity contribution in [1.82, 2.24) is 0 Å². The summed E-state index contributed by atoms with van der Waals surface area (Å²) >= 11 is 0. The van der Waals surface area contributed by atoms with Crippen LogP contribution in [0.5, 0.6) is 28.7 Å². The molecule has 0 unspecified atom stereocenters. The van der Waals surface area contributed by atoms with E-state index in [0.717, 1.165) is 12.1 Å². The normalized spacial score (nSPS) is 26.1. The highest BCUT2D eigenvalue weighted by molar-refractivity contribution is 5.88. The predicted octanol–water partition coefficient (Wildman–Crippen LogP) is 0.339. The molecule has 3 aromatic rings. The molecule has 31 heavy (non-hydrogen) atoms. The zero-order valence-corrected chi connectivity index (χ0v) is 15.7.